The van der Waals surface area contributed by atoms with Crippen LogP contribution in [-0.4, -0.2) is 37.2 Å². The van der Waals surface area contributed by atoms with E-state index >= 15 is 0 Å². The Labute approximate surface area is 162 Å². The number of aliphatic hydroxyl groups is 1. The van der Waals surface area contributed by atoms with Crippen LogP contribution in [-0.2, 0) is 12.8 Å². The van der Waals surface area contributed by atoms with Gasteiger partial charge in [-0.25, -0.2) is 15.0 Å². The molecule has 0 spiro atoms. The number of thiophene rings is 1. The van der Waals surface area contributed by atoms with Crippen LogP contribution in [0.1, 0.15) is 49.0 Å². The summed E-state index contributed by atoms with van der Waals surface area (Å²) in [6.07, 6.45) is 13.4. The fourth-order valence-electron chi connectivity index (χ4n) is 4.25. The third-order valence-corrected chi connectivity index (χ3v) is 6.84. The van der Waals surface area contributed by atoms with Gasteiger partial charge in [0.25, 0.3) is 0 Å². The van der Waals surface area contributed by atoms with Crippen molar-refractivity contribution in [3.8, 4) is 11.5 Å². The van der Waals surface area contributed by atoms with E-state index in [1.54, 1.807) is 29.9 Å². The average molecular weight is 382 g/mol. The number of nitrogens with one attached hydrogen (secondary N) is 1. The van der Waals surface area contributed by atoms with Gasteiger partial charge in [-0.05, 0) is 44.1 Å². The lowest BCUT2D eigenvalue weighted by Crippen LogP contribution is -2.36. The first kappa shape index (κ1) is 17.0. The molecule has 0 radical (unpaired) electrons. The Morgan fingerprint density at radius 1 is 1.04 bits per heavy atom. The van der Waals surface area contributed by atoms with E-state index in [0.29, 0.717) is 11.5 Å². The molecule has 0 saturated heterocycles. The number of aromatic nitrogens is 4. The summed E-state index contributed by atoms with van der Waals surface area (Å²) in [5, 5.41) is 15.2. The summed E-state index contributed by atoms with van der Waals surface area (Å²) >= 11 is 1.78. The standard InChI is InChI=1S/C20H23N5OS/c26-15-7-3-2-6-13(15)23-19-17-12-5-1-4-8-16(12)27-20(17)25-18(24-19)14-11-21-9-10-22-14/h9-11,13,15,26H,1-8H2,(H,23,24,25)/t13-,15-/m0/s1. The van der Waals surface area contributed by atoms with Crippen molar-refractivity contribution >= 4 is 27.4 Å². The Bertz CT molecular complexity index is 958. The maximum absolute atomic E-state index is 10.5. The number of fused-ring (bicyclic) bond motifs is 3. The predicted octanol–water partition coefficient (Wildman–Crippen LogP) is 3.74. The van der Waals surface area contributed by atoms with Gasteiger partial charge in [0.05, 0.1) is 23.7 Å². The highest BCUT2D eigenvalue weighted by Gasteiger charge is 2.27. The number of anilines is 1. The molecule has 7 heteroatoms. The van der Waals surface area contributed by atoms with Gasteiger partial charge in [0.2, 0.25) is 0 Å². The summed E-state index contributed by atoms with van der Waals surface area (Å²) in [5.74, 6) is 1.45. The zero-order valence-electron chi connectivity index (χ0n) is 15.2. The summed E-state index contributed by atoms with van der Waals surface area (Å²) < 4.78 is 0. The molecule has 0 aromatic carbocycles. The van der Waals surface area contributed by atoms with Crippen LogP contribution >= 0.6 is 11.3 Å². The number of rotatable bonds is 3. The lowest BCUT2D eigenvalue weighted by Gasteiger charge is -2.29. The van der Waals surface area contributed by atoms with Crippen LogP contribution in [0.25, 0.3) is 21.7 Å². The lowest BCUT2D eigenvalue weighted by atomic mass is 9.92. The van der Waals surface area contributed by atoms with Crippen molar-refractivity contribution in [1.29, 1.82) is 0 Å². The van der Waals surface area contributed by atoms with Crippen LogP contribution in [0.3, 0.4) is 0 Å². The highest BCUT2D eigenvalue weighted by atomic mass is 32.1. The van der Waals surface area contributed by atoms with Crippen molar-refractivity contribution in [1.82, 2.24) is 19.9 Å². The van der Waals surface area contributed by atoms with Crippen LogP contribution in [0.4, 0.5) is 5.82 Å². The van der Waals surface area contributed by atoms with E-state index in [4.69, 9.17) is 9.97 Å². The van der Waals surface area contributed by atoms with E-state index in [-0.39, 0.29) is 12.1 Å². The van der Waals surface area contributed by atoms with E-state index in [0.717, 1.165) is 54.6 Å². The summed E-state index contributed by atoms with van der Waals surface area (Å²) in [5.41, 5.74) is 2.08. The maximum Gasteiger partial charge on any atom is 0.183 e. The number of aliphatic hydroxyl groups excluding tert-OH is 1. The first-order valence-electron chi connectivity index (χ1n) is 9.83. The molecule has 2 N–H and O–H groups in total. The zero-order chi connectivity index (χ0) is 18.2. The minimum Gasteiger partial charge on any atom is -0.391 e. The van der Waals surface area contributed by atoms with E-state index in [1.807, 2.05) is 0 Å². The van der Waals surface area contributed by atoms with Gasteiger partial charge in [-0.1, -0.05) is 12.8 Å². The van der Waals surface area contributed by atoms with Crippen LogP contribution in [0.5, 0.6) is 0 Å². The molecule has 0 aliphatic heterocycles. The molecule has 2 aliphatic rings. The van der Waals surface area contributed by atoms with Gasteiger partial charge in [-0.3, -0.25) is 4.98 Å². The van der Waals surface area contributed by atoms with Crippen molar-refractivity contribution in [2.24, 2.45) is 0 Å². The molecule has 1 fully saturated rings. The van der Waals surface area contributed by atoms with Crippen molar-refractivity contribution < 1.29 is 5.11 Å². The molecule has 2 atom stereocenters. The molecular weight excluding hydrogens is 358 g/mol. The third-order valence-electron chi connectivity index (χ3n) is 5.66. The van der Waals surface area contributed by atoms with Gasteiger partial charge in [0.1, 0.15) is 16.3 Å². The molecule has 0 unspecified atom stereocenters. The summed E-state index contributed by atoms with van der Waals surface area (Å²) in [4.78, 5) is 20.7. The van der Waals surface area contributed by atoms with E-state index in [1.165, 1.54) is 23.3 Å². The molecule has 140 valence electrons. The van der Waals surface area contributed by atoms with Crippen LogP contribution in [0, 0.1) is 0 Å². The van der Waals surface area contributed by atoms with Gasteiger partial charge in [0.15, 0.2) is 5.82 Å². The van der Waals surface area contributed by atoms with Crippen LogP contribution < -0.4 is 5.32 Å². The van der Waals surface area contributed by atoms with E-state index in [9.17, 15) is 5.11 Å². The highest BCUT2D eigenvalue weighted by molar-refractivity contribution is 7.19. The normalized spacial score (nSPS) is 22.6. The average Bonchev–Trinajstić information content (AvgIpc) is 3.09. The zero-order valence-corrected chi connectivity index (χ0v) is 16.0. The fraction of sp³-hybridized carbons (Fsp3) is 0.500. The van der Waals surface area contributed by atoms with Crippen molar-refractivity contribution in [3.63, 3.8) is 0 Å². The SMILES string of the molecule is O[C@H]1CCCC[C@@H]1Nc1nc(-c2cnccn2)nc2sc3c(c12)CCCC3. The Kier molecular flexibility index (Phi) is 4.49. The first-order valence-corrected chi connectivity index (χ1v) is 10.6. The highest BCUT2D eigenvalue weighted by Crippen LogP contribution is 2.40. The van der Waals surface area contributed by atoms with Crippen LogP contribution in [0.15, 0.2) is 18.6 Å². The molecule has 2 aliphatic carbocycles. The van der Waals surface area contributed by atoms with Crippen LogP contribution in [0.2, 0.25) is 0 Å². The predicted molar refractivity (Wildman–Crippen MR) is 107 cm³/mol. The lowest BCUT2D eigenvalue weighted by molar-refractivity contribution is 0.116. The third kappa shape index (κ3) is 3.19. The van der Waals surface area contributed by atoms with Crippen molar-refractivity contribution in [2.75, 3.05) is 5.32 Å². The Morgan fingerprint density at radius 3 is 2.78 bits per heavy atom. The molecule has 27 heavy (non-hydrogen) atoms. The molecule has 1 saturated carbocycles. The minimum atomic E-state index is -0.321. The quantitative estimate of drug-likeness (QED) is 0.719. The number of nitrogens with zero attached hydrogens (tertiary/aromatic N) is 4. The number of hydrogen-bond acceptors (Lipinski definition) is 7. The van der Waals surface area contributed by atoms with Gasteiger partial charge in [0, 0.05) is 17.3 Å². The van der Waals surface area contributed by atoms with Gasteiger partial charge in [-0.2, -0.15) is 0 Å². The van der Waals surface area contributed by atoms with Crippen molar-refractivity contribution in [3.05, 3.63) is 29.0 Å². The molecule has 0 amide bonds. The monoisotopic (exact) mass is 381 g/mol. The molecular formula is C20H23N5OS. The van der Waals surface area contributed by atoms with E-state index < -0.39 is 0 Å². The molecule has 5 rings (SSSR count). The second kappa shape index (κ2) is 7.13. The topological polar surface area (TPSA) is 83.8 Å². The Morgan fingerprint density at radius 2 is 1.93 bits per heavy atom. The summed E-state index contributed by atoms with van der Waals surface area (Å²) in [6, 6.07) is 0.0469. The first-order chi connectivity index (χ1) is 13.3. The van der Waals surface area contributed by atoms with Gasteiger partial charge >= 0.3 is 0 Å². The largest absolute Gasteiger partial charge is 0.391 e. The molecule has 6 nitrogen and oxygen atoms in total. The second-order valence-electron chi connectivity index (χ2n) is 7.48. The molecule has 3 heterocycles. The van der Waals surface area contributed by atoms with Gasteiger partial charge < -0.3 is 10.4 Å². The number of aryl methyl sites for hydroxylation is 2. The number of hydrogen-bond donors (Lipinski definition) is 2. The minimum absolute atomic E-state index is 0.0469. The molecule has 3 aromatic rings. The fourth-order valence-corrected chi connectivity index (χ4v) is 5.51. The maximum atomic E-state index is 10.5. The van der Waals surface area contributed by atoms with E-state index in [2.05, 4.69) is 15.3 Å². The second-order valence-corrected chi connectivity index (χ2v) is 8.56. The Hall–Kier alpha value is -2.12. The summed E-state index contributed by atoms with van der Waals surface area (Å²) in [6.45, 7) is 0. The van der Waals surface area contributed by atoms with Gasteiger partial charge in [-0.15, -0.1) is 11.3 Å². The molecule has 0 bridgehead atoms. The Balaban J connectivity index is 1.64. The summed E-state index contributed by atoms with van der Waals surface area (Å²) in [7, 11) is 0. The smallest absolute Gasteiger partial charge is 0.183 e. The molecule has 3 aromatic heterocycles. The van der Waals surface area contributed by atoms with Crippen molar-refractivity contribution in [2.45, 2.75) is 63.5 Å².